The van der Waals surface area contributed by atoms with E-state index in [0.29, 0.717) is 25.6 Å². The molecule has 2 fully saturated rings. The van der Waals surface area contributed by atoms with Gasteiger partial charge in [0.1, 0.15) is 5.82 Å². The molecule has 0 bridgehead atoms. The van der Waals surface area contributed by atoms with Crippen LogP contribution < -0.4 is 10.6 Å². The molecule has 5 nitrogen and oxygen atoms in total. The molecule has 6 heteroatoms. The highest BCUT2D eigenvalue weighted by atomic mass is 19.1. The molecule has 2 aliphatic rings. The van der Waals surface area contributed by atoms with E-state index in [9.17, 15) is 14.0 Å². The minimum atomic E-state index is -0.278. The summed E-state index contributed by atoms with van der Waals surface area (Å²) in [6, 6.07) is 6.62. The van der Waals surface area contributed by atoms with E-state index in [0.717, 1.165) is 31.2 Å². The van der Waals surface area contributed by atoms with Crippen molar-refractivity contribution < 1.29 is 14.0 Å². The van der Waals surface area contributed by atoms with E-state index >= 15 is 0 Å². The van der Waals surface area contributed by atoms with Crippen LogP contribution in [0.3, 0.4) is 0 Å². The number of halogens is 1. The van der Waals surface area contributed by atoms with Crippen molar-refractivity contribution in [1.29, 1.82) is 0 Å². The van der Waals surface area contributed by atoms with Crippen LogP contribution in [0, 0.1) is 5.82 Å². The third-order valence-electron chi connectivity index (χ3n) is 5.11. The van der Waals surface area contributed by atoms with Crippen molar-refractivity contribution in [3.63, 3.8) is 0 Å². The molecule has 1 aromatic rings. The lowest BCUT2D eigenvalue weighted by Crippen LogP contribution is -2.43. The molecule has 0 spiro atoms. The highest BCUT2D eigenvalue weighted by molar-refractivity contribution is 5.78. The summed E-state index contributed by atoms with van der Waals surface area (Å²) in [5, 5.41) is 5.92. The van der Waals surface area contributed by atoms with Gasteiger partial charge in [0, 0.05) is 31.6 Å². The molecular weight excluding hydrogens is 333 g/mol. The van der Waals surface area contributed by atoms with Crippen molar-refractivity contribution in [2.75, 3.05) is 6.54 Å². The maximum atomic E-state index is 13.0. The molecule has 142 valence electrons. The highest BCUT2D eigenvalue weighted by Crippen LogP contribution is 2.28. The summed E-state index contributed by atoms with van der Waals surface area (Å²) in [6.07, 6.45) is 8.04. The summed E-state index contributed by atoms with van der Waals surface area (Å²) in [5.74, 6) is -0.270. The van der Waals surface area contributed by atoms with E-state index in [1.807, 2.05) is 0 Å². The number of carbonyl (C=O) groups excluding carboxylic acids is 2. The van der Waals surface area contributed by atoms with Crippen LogP contribution in [0.2, 0.25) is 0 Å². The molecule has 0 aromatic heterocycles. The van der Waals surface area contributed by atoms with Crippen LogP contribution in [0.25, 0.3) is 0 Å². The molecule has 2 N–H and O–H groups in total. The number of hydrogen-bond donors (Lipinski definition) is 2. The van der Waals surface area contributed by atoms with E-state index in [-0.39, 0.29) is 23.8 Å². The molecule has 3 amide bonds. The third-order valence-corrected chi connectivity index (χ3v) is 5.11. The Morgan fingerprint density at radius 2 is 1.73 bits per heavy atom. The second-order valence-corrected chi connectivity index (χ2v) is 7.37. The molecule has 2 aliphatic carbocycles. The summed E-state index contributed by atoms with van der Waals surface area (Å²) in [7, 11) is 0. The maximum absolute atomic E-state index is 13.0. The van der Waals surface area contributed by atoms with Gasteiger partial charge in [-0.05, 0) is 43.4 Å². The van der Waals surface area contributed by atoms with Gasteiger partial charge in [0.15, 0.2) is 0 Å². The molecule has 2 saturated carbocycles. The number of nitrogens with zero attached hydrogens (tertiary/aromatic N) is 1. The fourth-order valence-electron chi connectivity index (χ4n) is 3.47. The van der Waals surface area contributed by atoms with Crippen LogP contribution in [0.15, 0.2) is 24.3 Å². The number of amides is 3. The van der Waals surface area contributed by atoms with Crippen molar-refractivity contribution in [3.05, 3.63) is 35.6 Å². The number of carbonyl (C=O) groups is 2. The normalized spacial score (nSPS) is 17.6. The third kappa shape index (κ3) is 5.71. The van der Waals surface area contributed by atoms with Gasteiger partial charge in [-0.3, -0.25) is 4.79 Å². The van der Waals surface area contributed by atoms with E-state index in [1.165, 1.54) is 31.4 Å². The Morgan fingerprint density at radius 3 is 2.38 bits per heavy atom. The SMILES string of the molecule is O=C(CCNC(=O)N(Cc1ccc(F)cc1)C1CC1)NC1CCCCC1. The van der Waals surface area contributed by atoms with E-state index in [2.05, 4.69) is 10.6 Å². The monoisotopic (exact) mass is 361 g/mol. The zero-order chi connectivity index (χ0) is 18.4. The molecular formula is C20H28FN3O2. The smallest absolute Gasteiger partial charge is 0.317 e. The summed E-state index contributed by atoms with van der Waals surface area (Å²) < 4.78 is 13.0. The van der Waals surface area contributed by atoms with Gasteiger partial charge in [-0.25, -0.2) is 9.18 Å². The highest BCUT2D eigenvalue weighted by Gasteiger charge is 2.32. The van der Waals surface area contributed by atoms with Crippen LogP contribution in [0.1, 0.15) is 56.9 Å². The van der Waals surface area contributed by atoms with Gasteiger partial charge in [0.25, 0.3) is 0 Å². The second kappa shape index (κ2) is 9.01. The van der Waals surface area contributed by atoms with Crippen LogP contribution in [-0.4, -0.2) is 35.5 Å². The Kier molecular flexibility index (Phi) is 6.47. The Labute approximate surface area is 154 Å². The van der Waals surface area contributed by atoms with Gasteiger partial charge in [-0.2, -0.15) is 0 Å². The molecule has 0 aliphatic heterocycles. The first-order chi connectivity index (χ1) is 12.6. The fraction of sp³-hybridized carbons (Fsp3) is 0.600. The number of nitrogens with one attached hydrogen (secondary N) is 2. The number of urea groups is 1. The molecule has 0 unspecified atom stereocenters. The van der Waals surface area contributed by atoms with E-state index < -0.39 is 0 Å². The Bertz CT molecular complexity index is 610. The summed E-state index contributed by atoms with van der Waals surface area (Å²) >= 11 is 0. The van der Waals surface area contributed by atoms with E-state index in [4.69, 9.17) is 0 Å². The van der Waals surface area contributed by atoms with Crippen LogP contribution >= 0.6 is 0 Å². The predicted molar refractivity (Wildman–Crippen MR) is 98.0 cm³/mol. The lowest BCUT2D eigenvalue weighted by atomic mass is 9.95. The van der Waals surface area contributed by atoms with Crippen molar-refractivity contribution in [3.8, 4) is 0 Å². The van der Waals surface area contributed by atoms with Gasteiger partial charge < -0.3 is 15.5 Å². The van der Waals surface area contributed by atoms with Crippen molar-refractivity contribution in [1.82, 2.24) is 15.5 Å². The van der Waals surface area contributed by atoms with Crippen LogP contribution in [0.4, 0.5) is 9.18 Å². The second-order valence-electron chi connectivity index (χ2n) is 7.37. The van der Waals surface area contributed by atoms with Gasteiger partial charge >= 0.3 is 6.03 Å². The van der Waals surface area contributed by atoms with Crippen LogP contribution in [-0.2, 0) is 11.3 Å². The topological polar surface area (TPSA) is 61.4 Å². The quantitative estimate of drug-likeness (QED) is 0.782. The van der Waals surface area contributed by atoms with Crippen molar-refractivity contribution in [2.24, 2.45) is 0 Å². The average molecular weight is 361 g/mol. The summed E-state index contributed by atoms with van der Waals surface area (Å²) in [5.41, 5.74) is 0.906. The van der Waals surface area contributed by atoms with Gasteiger partial charge in [-0.1, -0.05) is 31.4 Å². The first kappa shape index (κ1) is 18.7. The van der Waals surface area contributed by atoms with Crippen molar-refractivity contribution in [2.45, 2.75) is 70.0 Å². The molecule has 0 heterocycles. The largest absolute Gasteiger partial charge is 0.353 e. The van der Waals surface area contributed by atoms with Gasteiger partial charge in [0.05, 0.1) is 0 Å². The molecule has 0 atom stereocenters. The zero-order valence-corrected chi connectivity index (χ0v) is 15.2. The van der Waals surface area contributed by atoms with Gasteiger partial charge in [-0.15, -0.1) is 0 Å². The minimum Gasteiger partial charge on any atom is -0.353 e. The molecule has 0 radical (unpaired) electrons. The standard InChI is InChI=1S/C20H28FN3O2/c21-16-8-6-15(7-9-16)14-24(18-10-11-18)20(26)22-13-12-19(25)23-17-4-2-1-3-5-17/h6-9,17-18H,1-5,10-14H2,(H,22,26)(H,23,25). The molecule has 0 saturated heterocycles. The molecule has 1 aromatic carbocycles. The Hall–Kier alpha value is -2.11. The number of hydrogen-bond acceptors (Lipinski definition) is 2. The lowest BCUT2D eigenvalue weighted by Gasteiger charge is -2.24. The first-order valence-corrected chi connectivity index (χ1v) is 9.70. The molecule has 26 heavy (non-hydrogen) atoms. The van der Waals surface area contributed by atoms with Crippen molar-refractivity contribution >= 4 is 11.9 Å². The zero-order valence-electron chi connectivity index (χ0n) is 15.2. The molecule has 3 rings (SSSR count). The number of benzene rings is 1. The lowest BCUT2D eigenvalue weighted by molar-refractivity contribution is -0.121. The fourth-order valence-corrected chi connectivity index (χ4v) is 3.47. The summed E-state index contributed by atoms with van der Waals surface area (Å²) in [4.78, 5) is 26.3. The predicted octanol–water partition coefficient (Wildman–Crippen LogP) is 3.34. The van der Waals surface area contributed by atoms with Crippen LogP contribution in [0.5, 0.6) is 0 Å². The van der Waals surface area contributed by atoms with Gasteiger partial charge in [0.2, 0.25) is 5.91 Å². The average Bonchev–Trinajstić information content (AvgIpc) is 3.47. The number of rotatable bonds is 7. The first-order valence-electron chi connectivity index (χ1n) is 9.70. The Morgan fingerprint density at radius 1 is 1.04 bits per heavy atom. The maximum Gasteiger partial charge on any atom is 0.317 e. The van der Waals surface area contributed by atoms with E-state index in [1.54, 1.807) is 17.0 Å². The minimum absolute atomic E-state index is 0.00806. The summed E-state index contributed by atoms with van der Waals surface area (Å²) in [6.45, 7) is 0.801. The Balaban J connectivity index is 1.41.